The maximum Gasteiger partial charge on any atom is 0.490 e. The third-order valence-corrected chi connectivity index (χ3v) is 18.5. The quantitative estimate of drug-likeness (QED) is 0.0274. The lowest BCUT2D eigenvalue weighted by molar-refractivity contribution is -0.121. The first-order valence-electron chi connectivity index (χ1n) is 17.7. The Labute approximate surface area is 316 Å². The van der Waals surface area contributed by atoms with Crippen molar-refractivity contribution >= 4 is 68.8 Å². The number of rotatable bonds is 20. The Hall–Kier alpha value is 0.120. The fourth-order valence-corrected chi connectivity index (χ4v) is 14.5. The standard InChI is InChI=1S/C29H52N3O14P3S3/c1-28(2,17-30-25(33)11-7-6-10-23-26-20(16-50-23)31-27(34)32-26)52-51-18-42-21-13-24(29-12-8-4-3-5-9-19(29)14-29)44-22(21)15-43-48(38,39)46-49(40,41)45-47(35,36)37/h19-24,26H,3-18H2,1-2H3,(H,30,33)(H,38,39)(H,40,41)(H2,31,32,34)(H2,35,36,37)/t19?,20?,21?,22-,23?,24-,26?,29?/m1/s1. The molecule has 0 bridgehead atoms. The number of phosphoric acid groups is 3. The SMILES string of the molecule is CC(C)(CNC(=O)CCCCC1SCC2NC(=O)NC21)SSCOC1C[C@H](C23CCCCCCC2C3)O[C@@H]1COP(=O)(O)OP(=O)(O)OP(=O)(O)O. The van der Waals surface area contributed by atoms with Crippen LogP contribution in [0, 0.1) is 11.3 Å². The summed E-state index contributed by atoms with van der Waals surface area (Å²) in [6.45, 7) is 3.94. The number of urea groups is 1. The number of nitrogens with one attached hydrogen (secondary N) is 3. The third-order valence-electron chi connectivity index (χ3n) is 10.3. The van der Waals surface area contributed by atoms with Gasteiger partial charge in [-0.05, 0) is 57.3 Å². The van der Waals surface area contributed by atoms with Gasteiger partial charge in [-0.25, -0.2) is 18.5 Å². The first-order chi connectivity index (χ1) is 24.4. The molecule has 0 aromatic carbocycles. The minimum Gasteiger partial charge on any atom is -0.369 e. The van der Waals surface area contributed by atoms with Crippen LogP contribution in [0.4, 0.5) is 4.79 Å². The maximum atomic E-state index is 12.6. The predicted molar refractivity (Wildman–Crippen MR) is 197 cm³/mol. The molecule has 8 unspecified atom stereocenters. The Morgan fingerprint density at radius 3 is 2.62 bits per heavy atom. The van der Waals surface area contributed by atoms with Gasteiger partial charge in [-0.15, -0.1) is 0 Å². The number of amides is 3. The summed E-state index contributed by atoms with van der Waals surface area (Å²) >= 11 is 1.87. The molecule has 0 radical (unpaired) electrons. The Kier molecular flexibility index (Phi) is 15.1. The average molecular weight is 856 g/mol. The summed E-state index contributed by atoms with van der Waals surface area (Å²) in [5.41, 5.74) is -0.0000490. The normalized spacial score (nSPS) is 34.2. The van der Waals surface area contributed by atoms with E-state index in [1.807, 2.05) is 25.6 Å². The predicted octanol–water partition coefficient (Wildman–Crippen LogP) is 5.19. The highest BCUT2D eigenvalue weighted by Gasteiger charge is 2.61. The summed E-state index contributed by atoms with van der Waals surface area (Å²) in [7, 11) is -13.5. The molecule has 3 saturated heterocycles. The molecule has 2 saturated carbocycles. The molecule has 3 aliphatic heterocycles. The molecule has 17 nitrogen and oxygen atoms in total. The molecule has 0 aromatic rings. The van der Waals surface area contributed by atoms with Crippen LogP contribution in [0.1, 0.15) is 90.9 Å². The molecule has 7 N–H and O–H groups in total. The highest BCUT2D eigenvalue weighted by Crippen LogP contribution is 2.67. The molecule has 10 atom stereocenters. The van der Waals surface area contributed by atoms with Crippen LogP contribution in [-0.2, 0) is 41.1 Å². The summed E-state index contributed by atoms with van der Waals surface area (Å²) in [5.74, 6) is 1.67. The van der Waals surface area contributed by atoms with Crippen molar-refractivity contribution in [1.29, 1.82) is 0 Å². The van der Waals surface area contributed by atoms with Gasteiger partial charge in [-0.2, -0.15) is 20.4 Å². The summed E-state index contributed by atoms with van der Waals surface area (Å²) in [6.07, 6.45) is 9.84. The number of carbonyl (C=O) groups is 2. The monoisotopic (exact) mass is 855 g/mol. The molecule has 52 heavy (non-hydrogen) atoms. The van der Waals surface area contributed by atoms with E-state index in [1.165, 1.54) is 23.6 Å². The second-order valence-corrected chi connectivity index (χ2v) is 23.4. The number of hydrogen-bond acceptors (Lipinski definition) is 13. The maximum absolute atomic E-state index is 12.6. The van der Waals surface area contributed by atoms with Gasteiger partial charge >= 0.3 is 29.5 Å². The topological polar surface area (TPSA) is 249 Å². The van der Waals surface area contributed by atoms with Crippen LogP contribution in [0.3, 0.4) is 0 Å². The van der Waals surface area contributed by atoms with Crippen LogP contribution in [0.2, 0.25) is 0 Å². The molecule has 5 rings (SSSR count). The van der Waals surface area contributed by atoms with Gasteiger partial charge in [0.2, 0.25) is 5.91 Å². The molecule has 3 heterocycles. The van der Waals surface area contributed by atoms with Crippen LogP contribution in [-0.4, -0.2) is 96.7 Å². The van der Waals surface area contributed by atoms with Gasteiger partial charge in [0.15, 0.2) is 0 Å². The van der Waals surface area contributed by atoms with Crippen molar-refractivity contribution in [2.45, 2.75) is 131 Å². The smallest absolute Gasteiger partial charge is 0.369 e. The van der Waals surface area contributed by atoms with Gasteiger partial charge in [-0.3, -0.25) is 9.32 Å². The van der Waals surface area contributed by atoms with Gasteiger partial charge in [-0.1, -0.05) is 53.7 Å². The molecule has 23 heteroatoms. The van der Waals surface area contributed by atoms with Gasteiger partial charge < -0.3 is 45.0 Å². The highest BCUT2D eigenvalue weighted by atomic mass is 33.1. The molecule has 300 valence electrons. The lowest BCUT2D eigenvalue weighted by atomic mass is 9.84. The fourth-order valence-electron chi connectivity index (χ4n) is 7.73. The molecule has 0 spiro atoms. The van der Waals surface area contributed by atoms with Crippen LogP contribution >= 0.6 is 56.8 Å². The van der Waals surface area contributed by atoms with E-state index in [0.717, 1.165) is 57.1 Å². The largest absolute Gasteiger partial charge is 0.490 e. The lowest BCUT2D eigenvalue weighted by Crippen LogP contribution is -2.37. The van der Waals surface area contributed by atoms with Crippen LogP contribution in [0.15, 0.2) is 0 Å². The number of ether oxygens (including phenoxy) is 2. The Bertz CT molecular complexity index is 1410. The van der Waals surface area contributed by atoms with E-state index in [1.54, 1.807) is 10.8 Å². The third kappa shape index (κ3) is 12.8. The fraction of sp³-hybridized carbons (Fsp3) is 0.931. The molecule has 5 fully saturated rings. The summed E-state index contributed by atoms with van der Waals surface area (Å²) in [4.78, 5) is 61.4. The van der Waals surface area contributed by atoms with Crippen molar-refractivity contribution in [2.75, 3.05) is 24.8 Å². The van der Waals surface area contributed by atoms with E-state index in [0.29, 0.717) is 30.6 Å². The zero-order chi connectivity index (χ0) is 37.8. The van der Waals surface area contributed by atoms with Crippen molar-refractivity contribution in [1.82, 2.24) is 16.0 Å². The van der Waals surface area contributed by atoms with E-state index >= 15 is 0 Å². The number of hydrogen-bond donors (Lipinski definition) is 7. The Balaban J connectivity index is 1.05. The van der Waals surface area contributed by atoms with Crippen molar-refractivity contribution in [2.24, 2.45) is 11.3 Å². The van der Waals surface area contributed by atoms with E-state index < -0.39 is 42.3 Å². The minimum atomic E-state index is -5.65. The molecular weight excluding hydrogens is 803 g/mol. The van der Waals surface area contributed by atoms with Gasteiger partial charge in [0.1, 0.15) is 12.0 Å². The lowest BCUT2D eigenvalue weighted by Gasteiger charge is -2.26. The van der Waals surface area contributed by atoms with Crippen molar-refractivity contribution in [3.63, 3.8) is 0 Å². The second kappa shape index (κ2) is 18.1. The highest BCUT2D eigenvalue weighted by molar-refractivity contribution is 8.77. The van der Waals surface area contributed by atoms with Crippen molar-refractivity contribution < 1.29 is 65.5 Å². The molecule has 2 aliphatic carbocycles. The van der Waals surface area contributed by atoms with E-state index in [4.69, 9.17) is 23.8 Å². The van der Waals surface area contributed by atoms with E-state index in [2.05, 4.69) is 24.6 Å². The van der Waals surface area contributed by atoms with Crippen molar-refractivity contribution in [3.05, 3.63) is 0 Å². The second-order valence-electron chi connectivity index (χ2n) is 14.8. The zero-order valence-corrected chi connectivity index (χ0v) is 34.4. The Morgan fingerprint density at radius 2 is 1.85 bits per heavy atom. The van der Waals surface area contributed by atoms with Crippen LogP contribution < -0.4 is 16.0 Å². The molecular formula is C29H52N3O14P3S3. The minimum absolute atomic E-state index is 0.0000490. The summed E-state index contributed by atoms with van der Waals surface area (Å²) < 4.78 is 60.3. The van der Waals surface area contributed by atoms with Crippen molar-refractivity contribution in [3.8, 4) is 0 Å². The van der Waals surface area contributed by atoms with Gasteiger partial charge in [0.25, 0.3) is 0 Å². The van der Waals surface area contributed by atoms with E-state index in [9.17, 15) is 33.1 Å². The van der Waals surface area contributed by atoms with Gasteiger partial charge in [0, 0.05) is 35.1 Å². The number of carbonyl (C=O) groups excluding carboxylic acids is 2. The van der Waals surface area contributed by atoms with Crippen LogP contribution in [0.25, 0.3) is 0 Å². The first-order valence-corrected chi connectivity index (χ1v) is 25.6. The average Bonchev–Trinajstić information content (AvgIpc) is 3.29. The number of fused-ring (bicyclic) bond motifs is 2. The number of thioether (sulfide) groups is 1. The molecule has 0 aromatic heterocycles. The van der Waals surface area contributed by atoms with E-state index in [-0.39, 0.29) is 46.2 Å². The summed E-state index contributed by atoms with van der Waals surface area (Å²) in [5, 5.41) is 9.34. The van der Waals surface area contributed by atoms with Gasteiger partial charge in [0.05, 0.1) is 30.9 Å². The molecule has 3 amide bonds. The Morgan fingerprint density at radius 1 is 1.08 bits per heavy atom. The van der Waals surface area contributed by atoms with Crippen LogP contribution in [0.5, 0.6) is 0 Å². The molecule has 5 aliphatic rings. The zero-order valence-electron chi connectivity index (χ0n) is 29.3. The number of unbranched alkanes of at least 4 members (excludes halogenated alkanes) is 1. The first kappa shape index (κ1) is 43.2. The number of phosphoric ester groups is 1. The summed E-state index contributed by atoms with van der Waals surface area (Å²) in [6, 6.07) is 0.259.